The third-order valence-electron chi connectivity index (χ3n) is 3.93. The van der Waals surface area contributed by atoms with Gasteiger partial charge in [-0.2, -0.15) is 0 Å². The van der Waals surface area contributed by atoms with E-state index in [1.54, 1.807) is 7.11 Å². The Balaban J connectivity index is 0.00000361. The largest absolute Gasteiger partial charge is 0.383 e. The molecule has 1 fully saturated rings. The van der Waals surface area contributed by atoms with Gasteiger partial charge in [-0.3, -0.25) is 4.79 Å². The van der Waals surface area contributed by atoms with Crippen LogP contribution in [0.15, 0.2) is 0 Å². The van der Waals surface area contributed by atoms with Gasteiger partial charge in [0.25, 0.3) is 0 Å². The van der Waals surface area contributed by atoms with Crippen molar-refractivity contribution >= 4 is 18.3 Å². The summed E-state index contributed by atoms with van der Waals surface area (Å²) < 4.78 is 4.93. The van der Waals surface area contributed by atoms with Crippen molar-refractivity contribution in [3.63, 3.8) is 0 Å². The monoisotopic (exact) mass is 306 g/mol. The first-order valence-corrected chi connectivity index (χ1v) is 7.54. The van der Waals surface area contributed by atoms with Crippen molar-refractivity contribution in [2.75, 3.05) is 33.4 Å². The molecule has 120 valence electrons. The van der Waals surface area contributed by atoms with E-state index < -0.39 is 0 Å². The minimum absolute atomic E-state index is 0. The van der Waals surface area contributed by atoms with Crippen molar-refractivity contribution in [1.82, 2.24) is 10.6 Å². The molecule has 1 aliphatic carbocycles. The molecule has 0 aromatic rings. The fourth-order valence-electron chi connectivity index (χ4n) is 3.17. The van der Waals surface area contributed by atoms with Crippen LogP contribution in [0.25, 0.3) is 0 Å². The number of methoxy groups -OCH3 is 1. The molecule has 0 aliphatic heterocycles. The molecule has 0 aromatic carbocycles. The van der Waals surface area contributed by atoms with Gasteiger partial charge in [0.05, 0.1) is 13.2 Å². The summed E-state index contributed by atoms with van der Waals surface area (Å²) in [7, 11) is 1.66. The summed E-state index contributed by atoms with van der Waals surface area (Å²) >= 11 is 0. The smallest absolute Gasteiger partial charge is 0.233 e. The summed E-state index contributed by atoms with van der Waals surface area (Å²) in [5.74, 6) is 0.806. The van der Waals surface area contributed by atoms with E-state index >= 15 is 0 Å². The highest BCUT2D eigenvalue weighted by Gasteiger charge is 2.34. The predicted octanol–water partition coefficient (Wildman–Crippen LogP) is 2.37. The quantitative estimate of drug-likeness (QED) is 0.643. The maximum Gasteiger partial charge on any atom is 0.233 e. The molecule has 0 bridgehead atoms. The summed E-state index contributed by atoms with van der Waals surface area (Å²) in [6.45, 7) is 7.14. The molecule has 0 radical (unpaired) electrons. The fourth-order valence-corrected chi connectivity index (χ4v) is 3.17. The lowest BCUT2D eigenvalue weighted by Crippen LogP contribution is -2.41. The number of hydrogen-bond donors (Lipinski definition) is 2. The van der Waals surface area contributed by atoms with Gasteiger partial charge < -0.3 is 15.4 Å². The van der Waals surface area contributed by atoms with E-state index in [-0.39, 0.29) is 18.3 Å². The lowest BCUT2D eigenvalue weighted by atomic mass is 9.78. The van der Waals surface area contributed by atoms with Gasteiger partial charge in [-0.1, -0.05) is 26.7 Å². The van der Waals surface area contributed by atoms with Crippen molar-refractivity contribution in [2.24, 2.45) is 11.3 Å². The van der Waals surface area contributed by atoms with Crippen molar-refractivity contribution in [1.29, 1.82) is 0 Å². The Bertz CT molecular complexity index is 267. The Kier molecular flexibility index (Phi) is 10.2. The number of ether oxygens (including phenoxy) is 1. The Hall–Kier alpha value is -0.320. The molecule has 0 heterocycles. The van der Waals surface area contributed by atoms with Crippen LogP contribution in [0.4, 0.5) is 0 Å². The highest BCUT2D eigenvalue weighted by atomic mass is 35.5. The highest BCUT2D eigenvalue weighted by Crippen LogP contribution is 2.42. The second-order valence-corrected chi connectivity index (χ2v) is 6.25. The summed E-state index contributed by atoms with van der Waals surface area (Å²) in [6.07, 6.45) is 6.39. The average molecular weight is 307 g/mol. The van der Waals surface area contributed by atoms with Crippen molar-refractivity contribution < 1.29 is 9.53 Å². The maximum absolute atomic E-state index is 11.8. The molecular formula is C15H31ClN2O2. The van der Waals surface area contributed by atoms with Crippen LogP contribution in [0, 0.1) is 11.3 Å². The van der Waals surface area contributed by atoms with Crippen LogP contribution in [0.5, 0.6) is 0 Å². The standard InChI is InChI=1S/C15H30N2O2.ClH/c1-13(2)10-15(6-4-5-7-15)12-17-14(18)11-16-8-9-19-3;/h13,16H,4-12H2,1-3H3,(H,17,18);1H. The van der Waals surface area contributed by atoms with Gasteiger partial charge in [-0.25, -0.2) is 0 Å². The van der Waals surface area contributed by atoms with Crippen molar-refractivity contribution in [2.45, 2.75) is 46.0 Å². The van der Waals surface area contributed by atoms with Crippen LogP contribution in [0.1, 0.15) is 46.0 Å². The van der Waals surface area contributed by atoms with Crippen LogP contribution < -0.4 is 10.6 Å². The molecule has 20 heavy (non-hydrogen) atoms. The van der Waals surface area contributed by atoms with Crippen LogP contribution >= 0.6 is 12.4 Å². The number of carbonyl (C=O) groups excluding carboxylic acids is 1. The maximum atomic E-state index is 11.8. The second kappa shape index (κ2) is 10.4. The summed E-state index contributed by atoms with van der Waals surface area (Å²) in [5.41, 5.74) is 0.357. The molecule has 0 spiro atoms. The molecule has 2 N–H and O–H groups in total. The summed E-state index contributed by atoms with van der Waals surface area (Å²) in [4.78, 5) is 11.8. The lowest BCUT2D eigenvalue weighted by Gasteiger charge is -2.31. The van der Waals surface area contributed by atoms with Gasteiger partial charge in [-0.05, 0) is 30.6 Å². The van der Waals surface area contributed by atoms with E-state index in [0.717, 1.165) is 13.1 Å². The molecule has 1 aliphatic rings. The van der Waals surface area contributed by atoms with E-state index in [2.05, 4.69) is 24.5 Å². The van der Waals surface area contributed by atoms with Gasteiger partial charge in [0.1, 0.15) is 0 Å². The average Bonchev–Trinajstić information content (AvgIpc) is 2.80. The molecule has 0 unspecified atom stereocenters. The van der Waals surface area contributed by atoms with Crippen LogP contribution in [-0.2, 0) is 9.53 Å². The molecular weight excluding hydrogens is 276 g/mol. The molecule has 1 rings (SSSR count). The van der Waals surface area contributed by atoms with Crippen LogP contribution in [0.3, 0.4) is 0 Å². The zero-order valence-corrected chi connectivity index (χ0v) is 14.0. The molecule has 0 aromatic heterocycles. The van der Waals surface area contributed by atoms with Gasteiger partial charge in [-0.15, -0.1) is 12.4 Å². The van der Waals surface area contributed by atoms with Gasteiger partial charge in [0, 0.05) is 20.2 Å². The second-order valence-electron chi connectivity index (χ2n) is 6.25. The number of halogens is 1. The number of carbonyl (C=O) groups is 1. The van der Waals surface area contributed by atoms with Crippen LogP contribution in [-0.4, -0.2) is 39.3 Å². The third-order valence-corrected chi connectivity index (χ3v) is 3.93. The van der Waals surface area contributed by atoms with E-state index in [0.29, 0.717) is 24.5 Å². The zero-order chi connectivity index (χ0) is 14.1. The topological polar surface area (TPSA) is 50.4 Å². The Labute approximate surface area is 129 Å². The minimum atomic E-state index is 0. The highest BCUT2D eigenvalue weighted by molar-refractivity contribution is 5.85. The van der Waals surface area contributed by atoms with Crippen molar-refractivity contribution in [3.05, 3.63) is 0 Å². The number of amides is 1. The molecule has 0 atom stereocenters. The van der Waals surface area contributed by atoms with E-state index in [1.807, 2.05) is 0 Å². The van der Waals surface area contributed by atoms with E-state index in [1.165, 1.54) is 32.1 Å². The van der Waals surface area contributed by atoms with Crippen molar-refractivity contribution in [3.8, 4) is 0 Å². The molecule has 1 amide bonds. The number of nitrogens with one attached hydrogen (secondary N) is 2. The molecule has 4 nitrogen and oxygen atoms in total. The first kappa shape index (κ1) is 19.7. The molecule has 0 saturated heterocycles. The normalized spacial score (nSPS) is 17.0. The zero-order valence-electron chi connectivity index (χ0n) is 13.2. The van der Waals surface area contributed by atoms with Gasteiger partial charge in [0.2, 0.25) is 5.91 Å². The summed E-state index contributed by atoms with van der Waals surface area (Å²) in [6, 6.07) is 0. The minimum Gasteiger partial charge on any atom is -0.383 e. The third kappa shape index (κ3) is 7.46. The fraction of sp³-hybridized carbons (Fsp3) is 0.933. The van der Waals surface area contributed by atoms with Gasteiger partial charge >= 0.3 is 0 Å². The van der Waals surface area contributed by atoms with Crippen LogP contribution in [0.2, 0.25) is 0 Å². The SMILES string of the molecule is COCCNCC(=O)NCC1(CC(C)C)CCCC1.Cl. The Morgan fingerprint density at radius 3 is 2.50 bits per heavy atom. The molecule has 1 saturated carbocycles. The Morgan fingerprint density at radius 1 is 1.30 bits per heavy atom. The van der Waals surface area contributed by atoms with Gasteiger partial charge in [0.15, 0.2) is 0 Å². The van der Waals surface area contributed by atoms with E-state index in [4.69, 9.17) is 4.74 Å². The summed E-state index contributed by atoms with van der Waals surface area (Å²) in [5, 5.41) is 6.18. The number of hydrogen-bond acceptors (Lipinski definition) is 3. The lowest BCUT2D eigenvalue weighted by molar-refractivity contribution is -0.120. The van der Waals surface area contributed by atoms with E-state index in [9.17, 15) is 4.79 Å². The first-order valence-electron chi connectivity index (χ1n) is 7.54. The Morgan fingerprint density at radius 2 is 1.95 bits per heavy atom. The molecule has 5 heteroatoms. The first-order chi connectivity index (χ1) is 9.08. The predicted molar refractivity (Wildman–Crippen MR) is 85.4 cm³/mol. The number of rotatable bonds is 9.